The van der Waals surface area contributed by atoms with E-state index in [9.17, 15) is 18.0 Å². The summed E-state index contributed by atoms with van der Waals surface area (Å²) in [6.07, 6.45) is 5.05. The fourth-order valence-electron chi connectivity index (χ4n) is 5.81. The summed E-state index contributed by atoms with van der Waals surface area (Å²) in [4.78, 5) is 26.2. The van der Waals surface area contributed by atoms with Crippen molar-refractivity contribution in [3.63, 3.8) is 0 Å². The van der Waals surface area contributed by atoms with Crippen molar-refractivity contribution in [3.8, 4) is 11.1 Å². The van der Waals surface area contributed by atoms with Gasteiger partial charge in [-0.3, -0.25) is 4.79 Å². The maximum atomic E-state index is 13.0. The van der Waals surface area contributed by atoms with Gasteiger partial charge in [0.15, 0.2) is 0 Å². The zero-order valence-corrected chi connectivity index (χ0v) is 22.4. The number of amides is 1. The Kier molecular flexibility index (Phi) is 7.93. The summed E-state index contributed by atoms with van der Waals surface area (Å²) >= 11 is 0. The van der Waals surface area contributed by atoms with Crippen molar-refractivity contribution in [1.29, 1.82) is 0 Å². The number of benzene rings is 1. The SMILES string of the molecule is CC1(NC2CCCCC2Nc2cc(-c3cccc(C(N)=O)c3)ccn2)CCCN(c2ncc(C(F)(F)F)cn2)C1. The maximum absolute atomic E-state index is 13.0. The number of alkyl halides is 3. The van der Waals surface area contributed by atoms with Crippen LogP contribution in [0.2, 0.25) is 0 Å². The highest BCUT2D eigenvalue weighted by molar-refractivity contribution is 5.94. The Morgan fingerprint density at radius 1 is 1.02 bits per heavy atom. The Bertz CT molecular complexity index is 1330. The zero-order valence-electron chi connectivity index (χ0n) is 22.4. The van der Waals surface area contributed by atoms with Gasteiger partial charge in [0.25, 0.3) is 0 Å². The molecule has 212 valence electrons. The number of hydrogen-bond donors (Lipinski definition) is 3. The van der Waals surface area contributed by atoms with Crippen LogP contribution in [-0.4, -0.2) is 51.6 Å². The summed E-state index contributed by atoms with van der Waals surface area (Å²) in [5.74, 6) is 0.611. The average molecular weight is 554 g/mol. The van der Waals surface area contributed by atoms with E-state index in [1.807, 2.05) is 29.2 Å². The standard InChI is InChI=1S/C29H34F3N7O/c1-28(11-5-13-39(18-28)27-35-16-22(17-36-27)29(30,31)32)38-24-9-3-2-8-23(24)37-25-15-20(10-12-34-25)19-6-4-7-21(14-19)26(33)40/h4,6-7,10,12,14-17,23-24,38H,2-3,5,8-9,11,13,18H2,1H3,(H2,33,40)(H,34,37). The topological polar surface area (TPSA) is 109 Å². The first-order valence-corrected chi connectivity index (χ1v) is 13.6. The number of aromatic nitrogens is 3. The first kappa shape index (κ1) is 27.8. The van der Waals surface area contributed by atoms with Gasteiger partial charge in [-0.25, -0.2) is 15.0 Å². The molecule has 1 aliphatic carbocycles. The van der Waals surface area contributed by atoms with Gasteiger partial charge in [-0.05, 0) is 68.0 Å². The minimum atomic E-state index is -4.46. The number of piperidine rings is 1. The van der Waals surface area contributed by atoms with Gasteiger partial charge in [-0.2, -0.15) is 13.2 Å². The quantitative estimate of drug-likeness (QED) is 0.377. The van der Waals surface area contributed by atoms with Gasteiger partial charge in [0, 0.05) is 54.9 Å². The number of carbonyl (C=O) groups excluding carboxylic acids is 1. The Morgan fingerprint density at radius 2 is 1.75 bits per heavy atom. The molecule has 1 aromatic carbocycles. The highest BCUT2D eigenvalue weighted by Crippen LogP contribution is 2.31. The normalized spacial score (nSPS) is 23.6. The molecule has 8 nitrogen and oxygen atoms in total. The van der Waals surface area contributed by atoms with Gasteiger partial charge in [-0.1, -0.05) is 25.0 Å². The van der Waals surface area contributed by atoms with E-state index in [0.29, 0.717) is 24.6 Å². The lowest BCUT2D eigenvalue weighted by molar-refractivity contribution is -0.138. The fraction of sp³-hybridized carbons (Fsp3) is 0.448. The molecule has 5 rings (SSSR count). The third-order valence-electron chi connectivity index (χ3n) is 7.82. The summed E-state index contributed by atoms with van der Waals surface area (Å²) in [5.41, 5.74) is 6.64. The highest BCUT2D eigenvalue weighted by atomic mass is 19.4. The molecular weight excluding hydrogens is 519 g/mol. The third kappa shape index (κ3) is 6.52. The van der Waals surface area contributed by atoms with E-state index in [4.69, 9.17) is 5.73 Å². The van der Waals surface area contributed by atoms with Gasteiger partial charge >= 0.3 is 6.18 Å². The molecule has 11 heteroatoms. The summed E-state index contributed by atoms with van der Waals surface area (Å²) in [6, 6.07) is 11.5. The van der Waals surface area contributed by atoms with E-state index in [2.05, 4.69) is 32.5 Å². The lowest BCUT2D eigenvalue weighted by atomic mass is 9.85. The van der Waals surface area contributed by atoms with E-state index >= 15 is 0 Å². The van der Waals surface area contributed by atoms with Crippen LogP contribution in [0.25, 0.3) is 11.1 Å². The Hall–Kier alpha value is -3.73. The molecule has 1 amide bonds. The molecule has 1 saturated heterocycles. The molecule has 0 bridgehead atoms. The molecule has 3 heterocycles. The van der Waals surface area contributed by atoms with Gasteiger partial charge in [0.05, 0.1) is 5.56 Å². The third-order valence-corrected chi connectivity index (χ3v) is 7.82. The molecular formula is C29H34F3N7O. The Labute approximate surface area is 231 Å². The number of halogens is 3. The monoisotopic (exact) mass is 553 g/mol. The van der Waals surface area contributed by atoms with Crippen LogP contribution >= 0.6 is 0 Å². The predicted molar refractivity (Wildman–Crippen MR) is 148 cm³/mol. The van der Waals surface area contributed by atoms with Crippen LogP contribution < -0.4 is 21.3 Å². The van der Waals surface area contributed by atoms with E-state index in [0.717, 1.165) is 67.9 Å². The van der Waals surface area contributed by atoms with E-state index in [1.54, 1.807) is 18.3 Å². The minimum Gasteiger partial charge on any atom is -0.366 e. The summed E-state index contributed by atoms with van der Waals surface area (Å²) < 4.78 is 38.9. The number of nitrogens with zero attached hydrogens (tertiary/aromatic N) is 4. The summed E-state index contributed by atoms with van der Waals surface area (Å²) in [6.45, 7) is 3.47. The van der Waals surface area contributed by atoms with Crippen molar-refractivity contribution in [2.45, 2.75) is 69.2 Å². The van der Waals surface area contributed by atoms with E-state index in [1.165, 1.54) is 0 Å². The van der Waals surface area contributed by atoms with Gasteiger partial charge in [-0.15, -0.1) is 0 Å². The van der Waals surface area contributed by atoms with Crippen LogP contribution in [0.5, 0.6) is 0 Å². The molecule has 3 atom stereocenters. The van der Waals surface area contributed by atoms with Crippen LogP contribution in [0.4, 0.5) is 24.9 Å². The van der Waals surface area contributed by atoms with Gasteiger partial charge in [0.1, 0.15) is 5.82 Å². The van der Waals surface area contributed by atoms with Crippen LogP contribution in [-0.2, 0) is 6.18 Å². The lowest BCUT2D eigenvalue weighted by Crippen LogP contribution is -2.61. The van der Waals surface area contributed by atoms with E-state index < -0.39 is 17.6 Å². The minimum absolute atomic E-state index is 0.156. The van der Waals surface area contributed by atoms with Crippen molar-refractivity contribution in [2.24, 2.45) is 5.73 Å². The second-order valence-corrected chi connectivity index (χ2v) is 11.0. The Morgan fingerprint density at radius 3 is 2.48 bits per heavy atom. The van der Waals surface area contributed by atoms with Crippen molar-refractivity contribution >= 4 is 17.7 Å². The van der Waals surface area contributed by atoms with Crippen LogP contribution in [0.1, 0.15) is 61.4 Å². The molecule has 40 heavy (non-hydrogen) atoms. The van der Waals surface area contributed by atoms with Crippen molar-refractivity contribution < 1.29 is 18.0 Å². The number of primary amides is 1. The fourth-order valence-corrected chi connectivity index (χ4v) is 5.81. The molecule has 3 aromatic rings. The number of carbonyl (C=O) groups is 1. The molecule has 0 radical (unpaired) electrons. The Balaban J connectivity index is 1.28. The largest absolute Gasteiger partial charge is 0.419 e. The number of pyridine rings is 1. The number of hydrogen-bond acceptors (Lipinski definition) is 7. The van der Waals surface area contributed by atoms with E-state index in [-0.39, 0.29) is 17.6 Å². The summed E-state index contributed by atoms with van der Waals surface area (Å²) in [5, 5.41) is 7.53. The molecule has 1 aliphatic heterocycles. The first-order chi connectivity index (χ1) is 19.1. The van der Waals surface area contributed by atoms with Crippen molar-refractivity contribution in [1.82, 2.24) is 20.3 Å². The second kappa shape index (κ2) is 11.4. The second-order valence-electron chi connectivity index (χ2n) is 11.0. The van der Waals surface area contributed by atoms with Crippen molar-refractivity contribution in [3.05, 3.63) is 66.1 Å². The molecule has 2 aliphatic rings. The van der Waals surface area contributed by atoms with Crippen molar-refractivity contribution in [2.75, 3.05) is 23.3 Å². The summed E-state index contributed by atoms with van der Waals surface area (Å²) in [7, 11) is 0. The number of rotatable bonds is 7. The zero-order chi connectivity index (χ0) is 28.3. The van der Waals surface area contributed by atoms with Gasteiger partial charge < -0.3 is 21.3 Å². The van der Waals surface area contributed by atoms with Gasteiger partial charge in [0.2, 0.25) is 11.9 Å². The molecule has 2 fully saturated rings. The average Bonchev–Trinajstić information content (AvgIpc) is 2.94. The molecule has 3 unspecified atom stereocenters. The van der Waals surface area contributed by atoms with Crippen LogP contribution in [0.15, 0.2) is 55.0 Å². The lowest BCUT2D eigenvalue weighted by Gasteiger charge is -2.46. The molecule has 0 spiro atoms. The molecule has 2 aromatic heterocycles. The maximum Gasteiger partial charge on any atom is 0.419 e. The smallest absolute Gasteiger partial charge is 0.366 e. The first-order valence-electron chi connectivity index (χ1n) is 13.6. The molecule has 1 saturated carbocycles. The van der Waals surface area contributed by atoms with Crippen LogP contribution in [0.3, 0.4) is 0 Å². The number of anilines is 2. The molecule has 4 N–H and O–H groups in total. The predicted octanol–water partition coefficient (Wildman–Crippen LogP) is 5.03. The number of nitrogens with two attached hydrogens (primary N) is 1. The van der Waals surface area contributed by atoms with Crippen LogP contribution in [0, 0.1) is 0 Å². The number of nitrogens with one attached hydrogen (secondary N) is 2. The highest BCUT2D eigenvalue weighted by Gasteiger charge is 2.37.